The molecule has 2 N–H and O–H groups in total. The lowest BCUT2D eigenvalue weighted by molar-refractivity contribution is -0.0920. The van der Waals surface area contributed by atoms with E-state index in [4.69, 9.17) is 10.5 Å². The third kappa shape index (κ3) is 2.29. The summed E-state index contributed by atoms with van der Waals surface area (Å²) in [4.78, 5) is 6.55. The van der Waals surface area contributed by atoms with Gasteiger partial charge < -0.3 is 15.4 Å². The van der Waals surface area contributed by atoms with Crippen LogP contribution in [0.3, 0.4) is 0 Å². The van der Waals surface area contributed by atoms with E-state index in [2.05, 4.69) is 16.0 Å². The van der Waals surface area contributed by atoms with E-state index in [0.29, 0.717) is 5.82 Å². The number of nitrogens with two attached hydrogens (primary N) is 1. The predicted octanol–water partition coefficient (Wildman–Crippen LogP) is 2.20. The second-order valence-electron chi connectivity index (χ2n) is 5.42. The molecule has 0 saturated carbocycles. The van der Waals surface area contributed by atoms with Gasteiger partial charge in [0.15, 0.2) is 0 Å². The SMILES string of the molecule is Nc1ccc(N2CCC3(CCCCO3)CC2)cn1. The van der Waals surface area contributed by atoms with Gasteiger partial charge in [0.25, 0.3) is 0 Å². The summed E-state index contributed by atoms with van der Waals surface area (Å²) in [5, 5.41) is 0. The molecular weight excluding hydrogens is 226 g/mol. The molecular formula is C14H21N3O. The van der Waals surface area contributed by atoms with Crippen molar-refractivity contribution in [1.29, 1.82) is 0 Å². The molecule has 0 aromatic carbocycles. The molecule has 0 bridgehead atoms. The van der Waals surface area contributed by atoms with E-state index < -0.39 is 0 Å². The van der Waals surface area contributed by atoms with Crippen molar-refractivity contribution in [2.75, 3.05) is 30.3 Å². The van der Waals surface area contributed by atoms with Gasteiger partial charge in [-0.3, -0.25) is 0 Å². The highest BCUT2D eigenvalue weighted by Crippen LogP contribution is 2.35. The number of nitrogen functional groups attached to an aromatic ring is 1. The van der Waals surface area contributed by atoms with Crippen LogP contribution >= 0.6 is 0 Å². The summed E-state index contributed by atoms with van der Waals surface area (Å²) in [6, 6.07) is 3.93. The molecule has 1 aromatic heterocycles. The fourth-order valence-electron chi connectivity index (χ4n) is 3.06. The van der Waals surface area contributed by atoms with Crippen LogP contribution in [-0.4, -0.2) is 30.3 Å². The van der Waals surface area contributed by atoms with E-state index in [1.54, 1.807) is 0 Å². The van der Waals surface area contributed by atoms with E-state index >= 15 is 0 Å². The maximum absolute atomic E-state index is 6.05. The van der Waals surface area contributed by atoms with Crippen molar-refractivity contribution in [3.05, 3.63) is 18.3 Å². The Kier molecular flexibility index (Phi) is 3.12. The molecule has 0 aliphatic carbocycles. The topological polar surface area (TPSA) is 51.4 Å². The van der Waals surface area contributed by atoms with Crippen LogP contribution in [0, 0.1) is 0 Å². The zero-order valence-electron chi connectivity index (χ0n) is 10.8. The number of hydrogen-bond acceptors (Lipinski definition) is 4. The third-order valence-corrected chi connectivity index (χ3v) is 4.25. The Morgan fingerprint density at radius 1 is 1.17 bits per heavy atom. The molecule has 2 aliphatic rings. The number of nitrogens with zero attached hydrogens (tertiary/aromatic N) is 2. The van der Waals surface area contributed by atoms with Gasteiger partial charge in [-0.25, -0.2) is 4.98 Å². The lowest BCUT2D eigenvalue weighted by Crippen LogP contribution is -2.47. The lowest BCUT2D eigenvalue weighted by Gasteiger charge is -2.44. The minimum atomic E-state index is 0.177. The van der Waals surface area contributed by atoms with Crippen LogP contribution in [0.5, 0.6) is 0 Å². The number of rotatable bonds is 1. The molecule has 3 rings (SSSR count). The number of pyridine rings is 1. The van der Waals surface area contributed by atoms with Gasteiger partial charge in [0.05, 0.1) is 17.5 Å². The molecule has 3 heterocycles. The van der Waals surface area contributed by atoms with Gasteiger partial charge in [0.2, 0.25) is 0 Å². The standard InChI is InChI=1S/C14H21N3O/c15-13-4-3-12(11-16-13)17-8-6-14(7-9-17)5-1-2-10-18-14/h3-4,11H,1-2,5-10H2,(H2,15,16). The van der Waals surface area contributed by atoms with Crippen LogP contribution in [0.15, 0.2) is 18.3 Å². The number of piperidine rings is 1. The molecule has 1 spiro atoms. The Morgan fingerprint density at radius 3 is 2.61 bits per heavy atom. The number of ether oxygens (including phenoxy) is 1. The number of anilines is 2. The van der Waals surface area contributed by atoms with Gasteiger partial charge in [0, 0.05) is 19.7 Å². The van der Waals surface area contributed by atoms with E-state index in [-0.39, 0.29) is 5.60 Å². The molecule has 0 amide bonds. The van der Waals surface area contributed by atoms with Gasteiger partial charge in [-0.2, -0.15) is 0 Å². The monoisotopic (exact) mass is 247 g/mol. The highest BCUT2D eigenvalue weighted by atomic mass is 16.5. The first-order valence-electron chi connectivity index (χ1n) is 6.88. The molecule has 0 atom stereocenters. The van der Waals surface area contributed by atoms with Crippen LogP contribution in [0.25, 0.3) is 0 Å². The van der Waals surface area contributed by atoms with E-state index in [1.165, 1.54) is 24.9 Å². The average Bonchev–Trinajstić information content (AvgIpc) is 2.42. The van der Waals surface area contributed by atoms with Gasteiger partial charge in [-0.05, 0) is 44.2 Å². The fraction of sp³-hybridized carbons (Fsp3) is 0.643. The normalized spacial score (nSPS) is 23.2. The second kappa shape index (κ2) is 4.76. The summed E-state index contributed by atoms with van der Waals surface area (Å²) in [7, 11) is 0. The van der Waals surface area contributed by atoms with Crippen molar-refractivity contribution in [3.8, 4) is 0 Å². The Bertz CT molecular complexity index is 388. The third-order valence-electron chi connectivity index (χ3n) is 4.25. The molecule has 0 unspecified atom stereocenters. The Hall–Kier alpha value is -1.29. The minimum Gasteiger partial charge on any atom is -0.384 e. The summed E-state index contributed by atoms with van der Waals surface area (Å²) in [6.07, 6.45) is 7.93. The molecule has 18 heavy (non-hydrogen) atoms. The lowest BCUT2D eigenvalue weighted by atomic mass is 9.84. The molecule has 4 heteroatoms. The number of hydrogen-bond donors (Lipinski definition) is 1. The van der Waals surface area contributed by atoms with Crippen LogP contribution in [-0.2, 0) is 4.74 Å². The maximum atomic E-state index is 6.05. The quantitative estimate of drug-likeness (QED) is 0.826. The fourth-order valence-corrected chi connectivity index (χ4v) is 3.06. The van der Waals surface area contributed by atoms with Gasteiger partial charge in [-0.15, -0.1) is 0 Å². The largest absolute Gasteiger partial charge is 0.384 e. The van der Waals surface area contributed by atoms with Crippen molar-refractivity contribution in [3.63, 3.8) is 0 Å². The summed E-state index contributed by atoms with van der Waals surface area (Å²) in [5.74, 6) is 0.586. The molecule has 98 valence electrons. The summed E-state index contributed by atoms with van der Waals surface area (Å²) < 4.78 is 6.05. The van der Waals surface area contributed by atoms with Gasteiger partial charge in [-0.1, -0.05) is 0 Å². The smallest absolute Gasteiger partial charge is 0.123 e. The molecule has 2 fully saturated rings. The summed E-state index contributed by atoms with van der Waals surface area (Å²) in [6.45, 7) is 3.07. The van der Waals surface area contributed by atoms with Crippen LogP contribution in [0.2, 0.25) is 0 Å². The Balaban J connectivity index is 1.64. The zero-order chi connectivity index (χ0) is 12.4. The van der Waals surface area contributed by atoms with Crippen LogP contribution < -0.4 is 10.6 Å². The van der Waals surface area contributed by atoms with Crippen molar-refractivity contribution in [1.82, 2.24) is 4.98 Å². The number of aromatic nitrogens is 1. The van der Waals surface area contributed by atoms with Crippen molar-refractivity contribution >= 4 is 11.5 Å². The van der Waals surface area contributed by atoms with Gasteiger partial charge in [0.1, 0.15) is 5.82 Å². The zero-order valence-corrected chi connectivity index (χ0v) is 10.8. The Morgan fingerprint density at radius 2 is 2.00 bits per heavy atom. The molecule has 2 saturated heterocycles. The van der Waals surface area contributed by atoms with E-state index in [9.17, 15) is 0 Å². The summed E-state index contributed by atoms with van der Waals surface area (Å²) in [5.41, 5.74) is 6.97. The molecule has 1 aromatic rings. The second-order valence-corrected chi connectivity index (χ2v) is 5.42. The van der Waals surface area contributed by atoms with E-state index in [1.807, 2.05) is 12.3 Å². The van der Waals surface area contributed by atoms with Crippen molar-refractivity contribution in [2.24, 2.45) is 0 Å². The highest BCUT2D eigenvalue weighted by Gasteiger charge is 2.36. The van der Waals surface area contributed by atoms with Crippen molar-refractivity contribution < 1.29 is 4.74 Å². The highest BCUT2D eigenvalue weighted by molar-refractivity contribution is 5.48. The first-order valence-corrected chi connectivity index (χ1v) is 6.88. The minimum absolute atomic E-state index is 0.177. The van der Waals surface area contributed by atoms with E-state index in [0.717, 1.165) is 32.5 Å². The van der Waals surface area contributed by atoms with Crippen LogP contribution in [0.1, 0.15) is 32.1 Å². The Labute approximate surface area is 108 Å². The predicted molar refractivity (Wildman–Crippen MR) is 72.6 cm³/mol. The van der Waals surface area contributed by atoms with Crippen molar-refractivity contribution in [2.45, 2.75) is 37.7 Å². The first-order chi connectivity index (χ1) is 8.77. The molecule has 2 aliphatic heterocycles. The maximum Gasteiger partial charge on any atom is 0.123 e. The van der Waals surface area contributed by atoms with Crippen LogP contribution in [0.4, 0.5) is 11.5 Å². The summed E-state index contributed by atoms with van der Waals surface area (Å²) >= 11 is 0. The molecule has 0 radical (unpaired) electrons. The van der Waals surface area contributed by atoms with Gasteiger partial charge >= 0.3 is 0 Å². The first kappa shape index (κ1) is 11.8. The molecule has 4 nitrogen and oxygen atoms in total. The average molecular weight is 247 g/mol.